The van der Waals surface area contributed by atoms with Crippen molar-refractivity contribution >= 4 is 21.7 Å². The number of benzene rings is 2. The smallest absolute Gasteiger partial charge is 0.243 e. The van der Waals surface area contributed by atoms with Gasteiger partial charge in [-0.25, -0.2) is 8.42 Å². The van der Waals surface area contributed by atoms with Gasteiger partial charge in [0.1, 0.15) is 0 Å². The number of carbonyl (C=O) groups is 2. The van der Waals surface area contributed by atoms with Crippen molar-refractivity contribution in [2.75, 3.05) is 20.4 Å². The molecule has 0 atom stereocenters. The zero-order valence-corrected chi connectivity index (χ0v) is 19.6. The number of amides is 1. The molecule has 0 aromatic heterocycles. The summed E-state index contributed by atoms with van der Waals surface area (Å²) in [5.74, 6) is 0.948. The lowest BCUT2D eigenvalue weighted by Gasteiger charge is -2.31. The van der Waals surface area contributed by atoms with Crippen molar-refractivity contribution < 1.29 is 27.5 Å². The fourth-order valence-electron chi connectivity index (χ4n) is 4.28. The third-order valence-electron chi connectivity index (χ3n) is 6.20. The molecular weight excluding hydrogens is 444 g/mol. The minimum Gasteiger partial charge on any atom is -0.454 e. The molecule has 8 nitrogen and oxygen atoms in total. The number of sulfonamides is 1. The van der Waals surface area contributed by atoms with Gasteiger partial charge >= 0.3 is 0 Å². The van der Waals surface area contributed by atoms with E-state index in [1.54, 1.807) is 4.90 Å². The third-order valence-corrected chi connectivity index (χ3v) is 8.02. The number of ketones is 1. The molecule has 0 bridgehead atoms. The summed E-state index contributed by atoms with van der Waals surface area (Å²) in [5, 5.41) is 0. The quantitative estimate of drug-likeness (QED) is 0.548. The summed E-state index contributed by atoms with van der Waals surface area (Å²) in [7, 11) is -2.47. The van der Waals surface area contributed by atoms with Crippen LogP contribution in [0, 0.1) is 0 Å². The molecule has 0 unspecified atom stereocenters. The van der Waals surface area contributed by atoms with Crippen LogP contribution in [0.5, 0.6) is 11.5 Å². The summed E-state index contributed by atoms with van der Waals surface area (Å²) < 4.78 is 37.9. The lowest BCUT2D eigenvalue weighted by Crippen LogP contribution is -2.44. The first kappa shape index (κ1) is 23.3. The van der Waals surface area contributed by atoms with Gasteiger partial charge < -0.3 is 14.4 Å². The number of hydrogen-bond donors (Lipinski definition) is 0. The highest BCUT2D eigenvalue weighted by molar-refractivity contribution is 7.89. The molecule has 176 valence electrons. The zero-order valence-electron chi connectivity index (χ0n) is 18.8. The molecule has 1 heterocycles. The van der Waals surface area contributed by atoms with Gasteiger partial charge in [-0.15, -0.1) is 0 Å². The number of carbonyl (C=O) groups excluding carboxylic acids is 2. The molecule has 2 aromatic rings. The first-order valence-corrected chi connectivity index (χ1v) is 12.4. The molecule has 2 aromatic carbocycles. The van der Waals surface area contributed by atoms with E-state index in [2.05, 4.69) is 0 Å². The Morgan fingerprint density at radius 3 is 2.33 bits per heavy atom. The van der Waals surface area contributed by atoms with Gasteiger partial charge in [-0.1, -0.05) is 31.0 Å². The van der Waals surface area contributed by atoms with Crippen LogP contribution in [0.15, 0.2) is 47.4 Å². The van der Waals surface area contributed by atoms with Crippen LogP contribution in [0.1, 0.15) is 48.5 Å². The number of rotatable bonds is 8. The molecule has 2 aliphatic rings. The van der Waals surface area contributed by atoms with E-state index in [-0.39, 0.29) is 36.0 Å². The van der Waals surface area contributed by atoms with E-state index in [1.807, 2.05) is 18.2 Å². The highest BCUT2D eigenvalue weighted by Gasteiger charge is 2.31. The fraction of sp³-hybridized carbons (Fsp3) is 0.417. The van der Waals surface area contributed by atoms with Crippen molar-refractivity contribution in [2.45, 2.75) is 50.1 Å². The second-order valence-corrected chi connectivity index (χ2v) is 10.5. The monoisotopic (exact) mass is 472 g/mol. The summed E-state index contributed by atoms with van der Waals surface area (Å²) in [6, 6.07) is 11.4. The van der Waals surface area contributed by atoms with Crippen LogP contribution >= 0.6 is 0 Å². The van der Waals surface area contributed by atoms with Crippen LogP contribution in [-0.4, -0.2) is 55.7 Å². The minimum atomic E-state index is -3.88. The lowest BCUT2D eigenvalue weighted by molar-refractivity contribution is -0.134. The van der Waals surface area contributed by atoms with Crippen LogP contribution in [0.3, 0.4) is 0 Å². The van der Waals surface area contributed by atoms with E-state index in [4.69, 9.17) is 9.47 Å². The van der Waals surface area contributed by atoms with Gasteiger partial charge in [0, 0.05) is 25.2 Å². The maximum absolute atomic E-state index is 13.3. The highest BCUT2D eigenvalue weighted by atomic mass is 32.2. The number of likely N-dealkylation sites (N-methyl/N-ethyl adjacent to an activating group) is 1. The SMILES string of the molecule is CC(=O)c1ccc(S(=O)(=O)N(C)CC(=O)N(Cc2ccc3c(c2)OCO3)C2CCCC2)cc1. The van der Waals surface area contributed by atoms with Crippen LogP contribution in [0.2, 0.25) is 0 Å². The molecule has 0 radical (unpaired) electrons. The molecule has 1 aliphatic heterocycles. The van der Waals surface area contributed by atoms with Crippen LogP contribution in [0.25, 0.3) is 0 Å². The second kappa shape index (κ2) is 9.52. The van der Waals surface area contributed by atoms with E-state index in [0.717, 1.165) is 35.6 Å². The van der Waals surface area contributed by atoms with Crippen molar-refractivity contribution in [3.05, 3.63) is 53.6 Å². The Morgan fingerprint density at radius 2 is 1.67 bits per heavy atom. The number of hydrogen-bond acceptors (Lipinski definition) is 6. The maximum Gasteiger partial charge on any atom is 0.243 e. The van der Waals surface area contributed by atoms with E-state index < -0.39 is 10.0 Å². The summed E-state index contributed by atoms with van der Waals surface area (Å²) in [4.78, 5) is 26.6. The van der Waals surface area contributed by atoms with Gasteiger partial charge in [-0.3, -0.25) is 9.59 Å². The predicted octanol–water partition coefficient (Wildman–Crippen LogP) is 3.21. The maximum atomic E-state index is 13.3. The Hall–Kier alpha value is -2.91. The van der Waals surface area contributed by atoms with Crippen molar-refractivity contribution in [1.29, 1.82) is 0 Å². The van der Waals surface area contributed by atoms with Crippen LogP contribution in [0.4, 0.5) is 0 Å². The molecule has 0 N–H and O–H groups in total. The minimum absolute atomic E-state index is 0.0472. The average Bonchev–Trinajstić information content (AvgIpc) is 3.49. The number of nitrogens with zero attached hydrogens (tertiary/aromatic N) is 2. The zero-order chi connectivity index (χ0) is 23.6. The number of ether oxygens (including phenoxy) is 2. The standard InChI is InChI=1S/C24H28N2O6S/c1-17(27)19-8-10-21(11-9-19)33(29,30)25(2)15-24(28)26(20-5-3-4-6-20)14-18-7-12-22-23(13-18)32-16-31-22/h7-13,20H,3-6,14-16H2,1-2H3. The van der Waals surface area contributed by atoms with E-state index in [9.17, 15) is 18.0 Å². The molecule has 0 saturated heterocycles. The lowest BCUT2D eigenvalue weighted by atomic mass is 10.1. The second-order valence-electron chi connectivity index (χ2n) is 8.49. The topological polar surface area (TPSA) is 93.2 Å². The molecule has 33 heavy (non-hydrogen) atoms. The normalized spacial score (nSPS) is 15.7. The fourth-order valence-corrected chi connectivity index (χ4v) is 5.40. The first-order chi connectivity index (χ1) is 15.8. The van der Waals surface area contributed by atoms with Gasteiger partial charge in [0.25, 0.3) is 0 Å². The Labute approximate surface area is 194 Å². The number of Topliss-reactive ketones (excluding diaryl/α,β-unsaturated/α-hetero) is 1. The van der Waals surface area contributed by atoms with Crippen molar-refractivity contribution in [3.8, 4) is 11.5 Å². The summed E-state index contributed by atoms with van der Waals surface area (Å²) >= 11 is 0. The molecule has 9 heteroatoms. The molecular formula is C24H28N2O6S. The van der Waals surface area contributed by atoms with E-state index in [1.165, 1.54) is 38.2 Å². The largest absolute Gasteiger partial charge is 0.454 e. The molecule has 1 saturated carbocycles. The van der Waals surface area contributed by atoms with Crippen LogP contribution in [-0.2, 0) is 21.4 Å². The van der Waals surface area contributed by atoms with E-state index in [0.29, 0.717) is 23.6 Å². The van der Waals surface area contributed by atoms with Gasteiger partial charge in [-0.2, -0.15) is 4.31 Å². The number of fused-ring (bicyclic) bond motifs is 1. The Balaban J connectivity index is 1.50. The molecule has 1 amide bonds. The summed E-state index contributed by atoms with van der Waals surface area (Å²) in [5.41, 5.74) is 1.34. The summed E-state index contributed by atoms with van der Waals surface area (Å²) in [6.45, 7) is 1.71. The van der Waals surface area contributed by atoms with E-state index >= 15 is 0 Å². The van der Waals surface area contributed by atoms with Crippen molar-refractivity contribution in [3.63, 3.8) is 0 Å². The Kier molecular flexibility index (Phi) is 6.71. The molecule has 1 aliphatic carbocycles. The van der Waals surface area contributed by atoms with Gasteiger partial charge in [0.2, 0.25) is 22.7 Å². The van der Waals surface area contributed by atoms with Crippen LogP contribution < -0.4 is 9.47 Å². The molecule has 4 rings (SSSR count). The van der Waals surface area contributed by atoms with Crippen molar-refractivity contribution in [1.82, 2.24) is 9.21 Å². The predicted molar refractivity (Wildman–Crippen MR) is 122 cm³/mol. The van der Waals surface area contributed by atoms with Gasteiger partial charge in [-0.05, 0) is 49.6 Å². The van der Waals surface area contributed by atoms with Gasteiger partial charge in [0.15, 0.2) is 17.3 Å². The Morgan fingerprint density at radius 1 is 1.00 bits per heavy atom. The summed E-state index contributed by atoms with van der Waals surface area (Å²) in [6.07, 6.45) is 3.90. The molecule has 0 spiro atoms. The van der Waals surface area contributed by atoms with Crippen molar-refractivity contribution in [2.24, 2.45) is 0 Å². The highest BCUT2D eigenvalue weighted by Crippen LogP contribution is 2.34. The van der Waals surface area contributed by atoms with Gasteiger partial charge in [0.05, 0.1) is 11.4 Å². The Bertz CT molecular complexity index is 1140. The first-order valence-electron chi connectivity index (χ1n) is 11.0. The third kappa shape index (κ3) is 5.04. The molecule has 1 fully saturated rings. The average molecular weight is 473 g/mol.